The lowest BCUT2D eigenvalue weighted by atomic mass is 9.86. The summed E-state index contributed by atoms with van der Waals surface area (Å²) < 4.78 is 0. The lowest BCUT2D eigenvalue weighted by Gasteiger charge is -2.26. The molecule has 80 valence electrons. The van der Waals surface area contributed by atoms with E-state index in [-0.39, 0.29) is 0 Å². The molecule has 1 aromatic carbocycles. The van der Waals surface area contributed by atoms with Gasteiger partial charge in [-0.2, -0.15) is 0 Å². The molecule has 4 rings (SSSR count). The van der Waals surface area contributed by atoms with E-state index < -0.39 is 0 Å². The molecule has 1 aliphatic carbocycles. The van der Waals surface area contributed by atoms with Crippen LogP contribution in [0.2, 0.25) is 0 Å². The van der Waals surface area contributed by atoms with Crippen molar-refractivity contribution in [1.82, 2.24) is 4.90 Å². The van der Waals surface area contributed by atoms with Gasteiger partial charge in [-0.25, -0.2) is 0 Å². The highest BCUT2D eigenvalue weighted by atomic mass is 15.2. The second-order valence-electron chi connectivity index (χ2n) is 4.94. The minimum Gasteiger partial charge on any atom is -0.399 e. The van der Waals surface area contributed by atoms with Crippen molar-refractivity contribution in [3.8, 4) is 0 Å². The van der Waals surface area contributed by atoms with Gasteiger partial charge in [0.25, 0.3) is 0 Å². The number of nitrogens with two attached hydrogens (primary N) is 1. The Morgan fingerprint density at radius 3 is 2.73 bits per heavy atom. The first-order chi connectivity index (χ1) is 7.33. The monoisotopic (exact) mass is 202 g/mol. The molecule has 0 unspecified atom stereocenters. The topological polar surface area (TPSA) is 29.3 Å². The fourth-order valence-corrected chi connectivity index (χ4v) is 2.93. The van der Waals surface area contributed by atoms with Crippen molar-refractivity contribution in [3.05, 3.63) is 29.8 Å². The first-order valence-electron chi connectivity index (χ1n) is 5.90. The summed E-state index contributed by atoms with van der Waals surface area (Å²) in [5, 5.41) is 0. The first-order valence-corrected chi connectivity index (χ1v) is 5.90. The first kappa shape index (κ1) is 9.22. The van der Waals surface area contributed by atoms with Gasteiger partial charge in [0.2, 0.25) is 0 Å². The van der Waals surface area contributed by atoms with E-state index in [1.807, 2.05) is 12.1 Å². The molecule has 0 radical (unpaired) electrons. The third-order valence-electron chi connectivity index (χ3n) is 3.94. The molecule has 1 aromatic rings. The molecule has 0 aromatic heterocycles. The second-order valence-corrected chi connectivity index (χ2v) is 4.94. The van der Waals surface area contributed by atoms with Gasteiger partial charge in [-0.1, -0.05) is 18.2 Å². The van der Waals surface area contributed by atoms with Gasteiger partial charge in [-0.3, -0.25) is 4.90 Å². The van der Waals surface area contributed by atoms with Crippen LogP contribution in [0.15, 0.2) is 24.3 Å². The van der Waals surface area contributed by atoms with E-state index in [2.05, 4.69) is 17.0 Å². The molecule has 3 aliphatic rings. The number of anilines is 1. The van der Waals surface area contributed by atoms with Crippen LogP contribution in [0.5, 0.6) is 0 Å². The number of benzene rings is 1. The van der Waals surface area contributed by atoms with Gasteiger partial charge < -0.3 is 5.73 Å². The predicted molar refractivity (Wildman–Crippen MR) is 62.6 cm³/mol. The highest BCUT2D eigenvalue weighted by Crippen LogP contribution is 2.40. The zero-order valence-electron chi connectivity index (χ0n) is 9.02. The predicted octanol–water partition coefficient (Wildman–Crippen LogP) is 1.91. The molecule has 2 N–H and O–H groups in total. The largest absolute Gasteiger partial charge is 0.399 e. The van der Waals surface area contributed by atoms with Crippen LogP contribution in [-0.4, -0.2) is 24.0 Å². The summed E-state index contributed by atoms with van der Waals surface area (Å²) in [5.74, 6) is 1.02. The van der Waals surface area contributed by atoms with E-state index >= 15 is 0 Å². The second kappa shape index (κ2) is 3.53. The molecule has 2 aliphatic heterocycles. The molecule has 0 amide bonds. The van der Waals surface area contributed by atoms with Gasteiger partial charge in [0.15, 0.2) is 0 Å². The summed E-state index contributed by atoms with van der Waals surface area (Å²) in [6.07, 6.45) is 4.00. The SMILES string of the molecule is Nc1ccccc1CCN1CC2CC1C2. The Kier molecular flexibility index (Phi) is 2.17. The fraction of sp³-hybridized carbons (Fsp3) is 0.538. The molecular formula is C13H18N2. The maximum absolute atomic E-state index is 5.93. The molecule has 2 saturated heterocycles. The number of hydrogen-bond acceptors (Lipinski definition) is 2. The number of para-hydroxylation sites is 1. The zero-order chi connectivity index (χ0) is 10.3. The zero-order valence-corrected chi connectivity index (χ0v) is 9.02. The van der Waals surface area contributed by atoms with Gasteiger partial charge in [-0.15, -0.1) is 0 Å². The third kappa shape index (κ3) is 1.63. The molecule has 2 heterocycles. The smallest absolute Gasteiger partial charge is 0.0347 e. The van der Waals surface area contributed by atoms with Crippen LogP contribution in [0.1, 0.15) is 18.4 Å². The Balaban J connectivity index is 1.60. The molecule has 2 nitrogen and oxygen atoms in total. The van der Waals surface area contributed by atoms with Crippen LogP contribution in [-0.2, 0) is 6.42 Å². The average Bonchev–Trinajstić information content (AvgIpc) is 2.74. The summed E-state index contributed by atoms with van der Waals surface area (Å²) in [7, 11) is 0. The van der Waals surface area contributed by atoms with Crippen molar-refractivity contribution >= 4 is 5.69 Å². The molecule has 0 spiro atoms. The van der Waals surface area contributed by atoms with Crippen LogP contribution in [0.3, 0.4) is 0 Å². The van der Waals surface area contributed by atoms with Crippen molar-refractivity contribution in [2.24, 2.45) is 5.92 Å². The van der Waals surface area contributed by atoms with Gasteiger partial charge in [0.05, 0.1) is 0 Å². The molecule has 0 atom stereocenters. The van der Waals surface area contributed by atoms with Gasteiger partial charge >= 0.3 is 0 Å². The number of nitrogens with zero attached hydrogens (tertiary/aromatic N) is 1. The quantitative estimate of drug-likeness (QED) is 0.759. The Hall–Kier alpha value is -1.02. The van der Waals surface area contributed by atoms with E-state index in [4.69, 9.17) is 5.73 Å². The number of nitrogen functional groups attached to an aromatic ring is 1. The summed E-state index contributed by atoms with van der Waals surface area (Å²) >= 11 is 0. The van der Waals surface area contributed by atoms with Crippen molar-refractivity contribution in [2.75, 3.05) is 18.8 Å². The molecule has 1 saturated carbocycles. The summed E-state index contributed by atoms with van der Waals surface area (Å²) in [6, 6.07) is 9.14. The average molecular weight is 202 g/mol. The van der Waals surface area contributed by atoms with Crippen molar-refractivity contribution in [3.63, 3.8) is 0 Å². The summed E-state index contributed by atoms with van der Waals surface area (Å²) in [6.45, 7) is 2.52. The molecule has 2 heteroatoms. The van der Waals surface area contributed by atoms with E-state index in [0.29, 0.717) is 0 Å². The molecule has 2 bridgehead atoms. The van der Waals surface area contributed by atoms with Gasteiger partial charge in [0, 0.05) is 24.8 Å². The number of rotatable bonds is 3. The minimum absolute atomic E-state index is 0.903. The Morgan fingerprint density at radius 2 is 2.07 bits per heavy atom. The summed E-state index contributed by atoms with van der Waals surface area (Å²) in [5.41, 5.74) is 8.19. The number of fused-ring (bicyclic) bond motifs is 1. The minimum atomic E-state index is 0.903. The lowest BCUT2D eigenvalue weighted by molar-refractivity contribution is 0.249. The normalized spacial score (nSPS) is 29.1. The van der Waals surface area contributed by atoms with E-state index in [9.17, 15) is 0 Å². The van der Waals surface area contributed by atoms with Crippen LogP contribution in [0.4, 0.5) is 5.69 Å². The van der Waals surface area contributed by atoms with Crippen LogP contribution < -0.4 is 5.73 Å². The van der Waals surface area contributed by atoms with Crippen molar-refractivity contribution in [1.29, 1.82) is 0 Å². The Morgan fingerprint density at radius 1 is 1.27 bits per heavy atom. The fourth-order valence-electron chi connectivity index (χ4n) is 2.93. The van der Waals surface area contributed by atoms with E-state index in [1.54, 1.807) is 0 Å². The van der Waals surface area contributed by atoms with Crippen LogP contribution in [0.25, 0.3) is 0 Å². The summed E-state index contributed by atoms with van der Waals surface area (Å²) in [4.78, 5) is 2.64. The Bertz CT molecular complexity index is 355. The van der Waals surface area contributed by atoms with Gasteiger partial charge in [0.1, 0.15) is 0 Å². The van der Waals surface area contributed by atoms with Crippen molar-refractivity contribution < 1.29 is 0 Å². The maximum Gasteiger partial charge on any atom is 0.0347 e. The molecule has 3 fully saturated rings. The lowest BCUT2D eigenvalue weighted by Crippen LogP contribution is -2.30. The maximum atomic E-state index is 5.93. The third-order valence-corrected chi connectivity index (χ3v) is 3.94. The standard InChI is InChI=1S/C13H18N2/c14-13-4-2-1-3-11(13)5-6-15-9-10-7-12(15)8-10/h1-4,10,12H,5-9,14H2. The molecular weight excluding hydrogens is 184 g/mol. The highest BCUT2D eigenvalue weighted by Gasteiger charge is 2.41. The highest BCUT2D eigenvalue weighted by molar-refractivity contribution is 5.46. The molecule has 15 heavy (non-hydrogen) atoms. The van der Waals surface area contributed by atoms with E-state index in [1.165, 1.54) is 31.5 Å². The van der Waals surface area contributed by atoms with Crippen molar-refractivity contribution in [2.45, 2.75) is 25.3 Å². The Labute approximate surface area is 91.1 Å². The van der Waals surface area contributed by atoms with Gasteiger partial charge in [-0.05, 0) is 36.8 Å². The van der Waals surface area contributed by atoms with Crippen LogP contribution >= 0.6 is 0 Å². The van der Waals surface area contributed by atoms with Crippen LogP contribution in [0, 0.1) is 5.92 Å². The number of hydrogen-bond donors (Lipinski definition) is 1. The van der Waals surface area contributed by atoms with E-state index in [0.717, 1.165) is 24.1 Å².